The minimum absolute atomic E-state index is 0.0674. The summed E-state index contributed by atoms with van der Waals surface area (Å²) in [5.41, 5.74) is 1.00. The molecule has 1 aromatic rings. The molecule has 1 N–H and O–H groups in total. The first kappa shape index (κ1) is 14.3. The molecular formula is C13H22N4OS. The molecule has 1 aliphatic rings. The van der Waals surface area contributed by atoms with Gasteiger partial charge in [0.15, 0.2) is 0 Å². The van der Waals surface area contributed by atoms with Crippen LogP contribution in [0, 0.1) is 6.92 Å². The molecule has 19 heavy (non-hydrogen) atoms. The Bertz CT molecular complexity index is 449. The average Bonchev–Trinajstić information content (AvgIpc) is 2.85. The average molecular weight is 282 g/mol. The number of piperidine rings is 1. The maximum Gasteiger partial charge on any atom is 0.319 e. The van der Waals surface area contributed by atoms with Crippen LogP contribution in [0.4, 0.5) is 4.79 Å². The number of hydrogen-bond acceptors (Lipinski definition) is 4. The van der Waals surface area contributed by atoms with Gasteiger partial charge in [0.25, 0.3) is 0 Å². The topological polar surface area (TPSA) is 48.5 Å². The predicted octanol–water partition coefficient (Wildman–Crippen LogP) is 1.64. The molecule has 1 fully saturated rings. The van der Waals surface area contributed by atoms with E-state index in [1.807, 2.05) is 18.9 Å². The second kappa shape index (κ2) is 5.46. The lowest BCUT2D eigenvalue weighted by Crippen LogP contribution is -2.53. The number of nitrogens with one attached hydrogen (secondary N) is 1. The van der Waals surface area contributed by atoms with E-state index >= 15 is 0 Å². The molecular weight excluding hydrogens is 260 g/mol. The number of rotatable bonds is 2. The highest BCUT2D eigenvalue weighted by atomic mass is 32.1. The minimum atomic E-state index is -0.0674. The number of aromatic nitrogens is 1. The van der Waals surface area contributed by atoms with Crippen molar-refractivity contribution in [2.24, 2.45) is 0 Å². The van der Waals surface area contributed by atoms with Crippen LogP contribution in [0.25, 0.3) is 0 Å². The lowest BCUT2D eigenvalue weighted by atomic mass is 9.88. The van der Waals surface area contributed by atoms with Crippen molar-refractivity contribution in [3.63, 3.8) is 0 Å². The second-order valence-electron chi connectivity index (χ2n) is 5.29. The molecule has 106 valence electrons. The molecule has 0 radical (unpaired) electrons. The fourth-order valence-electron chi connectivity index (χ4n) is 2.51. The minimum Gasteiger partial charge on any atom is -0.331 e. The first-order chi connectivity index (χ1) is 8.98. The quantitative estimate of drug-likeness (QED) is 0.897. The first-order valence-corrected chi connectivity index (χ1v) is 7.44. The van der Waals surface area contributed by atoms with Crippen LogP contribution < -0.4 is 5.32 Å². The molecule has 0 unspecified atom stereocenters. The summed E-state index contributed by atoms with van der Waals surface area (Å²) in [5, 5.41) is 6.66. The van der Waals surface area contributed by atoms with E-state index in [1.165, 1.54) is 0 Å². The molecule has 0 aromatic carbocycles. The highest BCUT2D eigenvalue weighted by Crippen LogP contribution is 2.34. The van der Waals surface area contributed by atoms with E-state index in [0.717, 1.165) is 36.6 Å². The Morgan fingerprint density at radius 2 is 2.11 bits per heavy atom. The van der Waals surface area contributed by atoms with Crippen LogP contribution in [-0.4, -0.2) is 55.0 Å². The summed E-state index contributed by atoms with van der Waals surface area (Å²) in [6, 6.07) is 0.0972. The van der Waals surface area contributed by atoms with Gasteiger partial charge in [0, 0.05) is 38.3 Å². The van der Waals surface area contributed by atoms with E-state index in [4.69, 9.17) is 0 Å². The van der Waals surface area contributed by atoms with E-state index in [0.29, 0.717) is 0 Å². The summed E-state index contributed by atoms with van der Waals surface area (Å²) in [7, 11) is 5.58. The number of hydrogen-bond donors (Lipinski definition) is 1. The summed E-state index contributed by atoms with van der Waals surface area (Å²) < 4.78 is 0. The third kappa shape index (κ3) is 2.74. The van der Waals surface area contributed by atoms with Crippen molar-refractivity contribution in [1.29, 1.82) is 0 Å². The molecule has 1 saturated heterocycles. The van der Waals surface area contributed by atoms with Crippen molar-refractivity contribution < 1.29 is 4.79 Å². The number of likely N-dealkylation sites (tertiary alicyclic amines) is 1. The molecule has 0 bridgehead atoms. The van der Waals surface area contributed by atoms with E-state index in [-0.39, 0.29) is 11.6 Å². The van der Waals surface area contributed by atoms with Gasteiger partial charge >= 0.3 is 6.03 Å². The normalized spacial score (nSPS) is 18.4. The van der Waals surface area contributed by atoms with Crippen molar-refractivity contribution in [3.05, 3.63) is 16.1 Å². The lowest BCUT2D eigenvalue weighted by Gasteiger charge is -2.41. The molecule has 5 nitrogen and oxygen atoms in total. The number of amides is 2. The Morgan fingerprint density at radius 3 is 2.53 bits per heavy atom. The highest BCUT2D eigenvalue weighted by Gasteiger charge is 2.38. The molecule has 2 amide bonds. The largest absolute Gasteiger partial charge is 0.331 e. The zero-order chi connectivity index (χ0) is 14.0. The fraction of sp³-hybridized carbons (Fsp3) is 0.692. The SMILES string of the molecule is CNC1(c2nc(C)cs2)CCN(C(=O)N(C)C)CC1. The van der Waals surface area contributed by atoms with Gasteiger partial charge in [0.2, 0.25) is 0 Å². The molecule has 0 spiro atoms. The fourth-order valence-corrected chi connectivity index (χ4v) is 3.57. The predicted molar refractivity (Wildman–Crippen MR) is 77.5 cm³/mol. The molecule has 2 heterocycles. The monoisotopic (exact) mass is 282 g/mol. The molecule has 1 aliphatic heterocycles. The van der Waals surface area contributed by atoms with Crippen LogP contribution in [-0.2, 0) is 5.54 Å². The van der Waals surface area contributed by atoms with E-state index in [2.05, 4.69) is 15.7 Å². The summed E-state index contributed by atoms with van der Waals surface area (Å²) in [5.74, 6) is 0. The van der Waals surface area contributed by atoms with Crippen LogP contribution in [0.5, 0.6) is 0 Å². The molecule has 0 aliphatic carbocycles. The summed E-state index contributed by atoms with van der Waals surface area (Å²) >= 11 is 1.71. The van der Waals surface area contributed by atoms with Gasteiger partial charge < -0.3 is 15.1 Å². The van der Waals surface area contributed by atoms with Crippen LogP contribution in [0.1, 0.15) is 23.5 Å². The molecule has 6 heteroatoms. The van der Waals surface area contributed by atoms with Crippen molar-refractivity contribution in [1.82, 2.24) is 20.1 Å². The number of carbonyl (C=O) groups is 1. The standard InChI is InChI=1S/C13H22N4OS/c1-10-9-19-11(15-10)13(14-2)5-7-17(8-6-13)12(18)16(3)4/h9,14H,5-8H2,1-4H3. The van der Waals surface area contributed by atoms with Gasteiger partial charge in [-0.1, -0.05) is 0 Å². The Kier molecular flexibility index (Phi) is 4.10. The molecule has 0 atom stereocenters. The zero-order valence-corrected chi connectivity index (χ0v) is 12.9. The van der Waals surface area contributed by atoms with Crippen molar-refractivity contribution in [3.8, 4) is 0 Å². The van der Waals surface area contributed by atoms with E-state index in [9.17, 15) is 4.79 Å². The van der Waals surface area contributed by atoms with Crippen LogP contribution >= 0.6 is 11.3 Å². The van der Waals surface area contributed by atoms with Gasteiger partial charge in [0.1, 0.15) is 5.01 Å². The van der Waals surface area contributed by atoms with E-state index in [1.54, 1.807) is 30.3 Å². The third-order valence-corrected chi connectivity index (χ3v) is 4.94. The van der Waals surface area contributed by atoms with Gasteiger partial charge in [-0.25, -0.2) is 9.78 Å². The van der Waals surface area contributed by atoms with Gasteiger partial charge in [-0.3, -0.25) is 0 Å². The van der Waals surface area contributed by atoms with Crippen molar-refractivity contribution >= 4 is 17.4 Å². The van der Waals surface area contributed by atoms with Crippen LogP contribution in [0.15, 0.2) is 5.38 Å². The Labute approximate surface area is 118 Å². The summed E-state index contributed by atoms with van der Waals surface area (Å²) in [4.78, 5) is 20.1. The zero-order valence-electron chi connectivity index (χ0n) is 12.1. The van der Waals surface area contributed by atoms with Gasteiger partial charge in [-0.2, -0.15) is 0 Å². The van der Waals surface area contributed by atoms with Gasteiger partial charge in [0.05, 0.1) is 5.54 Å². The number of aryl methyl sites for hydroxylation is 1. The first-order valence-electron chi connectivity index (χ1n) is 6.56. The Hall–Kier alpha value is -1.14. The third-order valence-electron chi connectivity index (χ3n) is 3.78. The van der Waals surface area contributed by atoms with Crippen LogP contribution in [0.2, 0.25) is 0 Å². The molecule has 0 saturated carbocycles. The van der Waals surface area contributed by atoms with Crippen molar-refractivity contribution in [2.75, 3.05) is 34.2 Å². The maximum atomic E-state index is 12.0. The van der Waals surface area contributed by atoms with E-state index < -0.39 is 0 Å². The summed E-state index contributed by atoms with van der Waals surface area (Å²) in [6.45, 7) is 3.57. The number of nitrogens with zero attached hydrogens (tertiary/aromatic N) is 3. The Morgan fingerprint density at radius 1 is 1.47 bits per heavy atom. The van der Waals surface area contributed by atoms with Crippen molar-refractivity contribution in [2.45, 2.75) is 25.3 Å². The maximum absolute atomic E-state index is 12.0. The number of urea groups is 1. The van der Waals surface area contributed by atoms with Gasteiger partial charge in [-0.15, -0.1) is 11.3 Å². The number of thiazole rings is 1. The summed E-state index contributed by atoms with van der Waals surface area (Å²) in [6.07, 6.45) is 1.83. The molecule has 1 aromatic heterocycles. The highest BCUT2D eigenvalue weighted by molar-refractivity contribution is 7.09. The smallest absolute Gasteiger partial charge is 0.319 e. The number of carbonyl (C=O) groups excluding carboxylic acids is 1. The lowest BCUT2D eigenvalue weighted by molar-refractivity contribution is 0.127. The second-order valence-corrected chi connectivity index (χ2v) is 6.15. The van der Waals surface area contributed by atoms with Crippen LogP contribution in [0.3, 0.4) is 0 Å². The Balaban J connectivity index is 2.10. The van der Waals surface area contributed by atoms with Gasteiger partial charge in [-0.05, 0) is 26.8 Å². The molecule has 2 rings (SSSR count).